The number of aromatic nitrogens is 2. The zero-order chi connectivity index (χ0) is 25.3. The van der Waals surface area contributed by atoms with E-state index in [2.05, 4.69) is 14.9 Å². The predicted molar refractivity (Wildman–Crippen MR) is 133 cm³/mol. The van der Waals surface area contributed by atoms with Crippen molar-refractivity contribution < 1.29 is 17.6 Å². The molecule has 2 aliphatic heterocycles. The fraction of sp³-hybridized carbons (Fsp3) is 0.429. The number of halogens is 4. The molecule has 4 nitrogen and oxygen atoms in total. The number of likely N-dealkylation sites (tertiary alicyclic amines) is 1. The zero-order valence-corrected chi connectivity index (χ0v) is 20.4. The zero-order valence-electron chi connectivity index (χ0n) is 20.4. The quantitative estimate of drug-likeness (QED) is 0.373. The minimum Gasteiger partial charge on any atom is -0.356 e. The van der Waals surface area contributed by atoms with E-state index >= 15 is 0 Å². The molecule has 3 aromatic rings. The molecule has 190 valence electrons. The molecule has 0 N–H and O–H groups in total. The summed E-state index contributed by atoms with van der Waals surface area (Å²) in [6.07, 6.45) is 0.734. The first-order chi connectivity index (χ1) is 17.3. The molecular formula is C28H30F4N4. The second-order valence-electron chi connectivity index (χ2n) is 9.78. The lowest BCUT2D eigenvalue weighted by Crippen LogP contribution is -2.47. The number of benzene rings is 2. The Morgan fingerprint density at radius 3 is 2.17 bits per heavy atom. The molecule has 0 amide bonds. The smallest absolute Gasteiger partial charge is 0.356 e. The molecule has 0 unspecified atom stereocenters. The van der Waals surface area contributed by atoms with Crippen LogP contribution in [0, 0.1) is 12.7 Å². The van der Waals surface area contributed by atoms with Crippen LogP contribution in [0.3, 0.4) is 0 Å². The van der Waals surface area contributed by atoms with E-state index in [9.17, 15) is 17.6 Å². The molecule has 0 spiro atoms. The Morgan fingerprint density at radius 1 is 0.833 bits per heavy atom. The third-order valence-electron chi connectivity index (χ3n) is 7.24. The molecule has 0 aliphatic carbocycles. The summed E-state index contributed by atoms with van der Waals surface area (Å²) in [6.45, 7) is 5.38. The fourth-order valence-corrected chi connectivity index (χ4v) is 5.41. The van der Waals surface area contributed by atoms with Crippen LogP contribution < -0.4 is 4.90 Å². The van der Waals surface area contributed by atoms with Crippen molar-refractivity contribution in [1.82, 2.24) is 14.9 Å². The molecule has 5 rings (SSSR count). The van der Waals surface area contributed by atoms with Gasteiger partial charge in [-0.05, 0) is 75.5 Å². The van der Waals surface area contributed by atoms with Gasteiger partial charge in [-0.2, -0.15) is 13.2 Å². The van der Waals surface area contributed by atoms with Gasteiger partial charge in [0.1, 0.15) is 11.6 Å². The molecule has 1 aromatic heterocycles. The van der Waals surface area contributed by atoms with Crippen LogP contribution in [0.5, 0.6) is 0 Å². The van der Waals surface area contributed by atoms with Gasteiger partial charge < -0.3 is 9.80 Å². The molecule has 3 heterocycles. The predicted octanol–water partition coefficient (Wildman–Crippen LogP) is 6.73. The van der Waals surface area contributed by atoms with Gasteiger partial charge in [0.15, 0.2) is 0 Å². The number of aryl methyl sites for hydroxylation is 1. The van der Waals surface area contributed by atoms with Gasteiger partial charge in [-0.25, -0.2) is 14.4 Å². The van der Waals surface area contributed by atoms with Crippen molar-refractivity contribution in [3.05, 3.63) is 65.7 Å². The molecule has 0 atom stereocenters. The van der Waals surface area contributed by atoms with Crippen LogP contribution in [0.2, 0.25) is 0 Å². The summed E-state index contributed by atoms with van der Waals surface area (Å²) in [5.74, 6) is -1.34. The minimum atomic E-state index is -4.71. The molecule has 2 aromatic carbocycles. The van der Waals surface area contributed by atoms with Crippen molar-refractivity contribution in [3.63, 3.8) is 0 Å². The lowest BCUT2D eigenvalue weighted by Gasteiger charge is -2.41. The first-order valence-corrected chi connectivity index (χ1v) is 12.6. The standard InChI is InChI=1S/C28H30F4N4/c1-19-6-5-7-21(18-19)24-25(20-8-10-22(29)11-9-20)33-27(28(30,31)32)34-26(24)36-16-12-23(13-17-36)35-14-3-2-4-15-35/h5-11,18,23H,2-4,12-17H2,1H3. The maximum atomic E-state index is 14.0. The van der Waals surface area contributed by atoms with Crippen molar-refractivity contribution in [2.45, 2.75) is 51.2 Å². The van der Waals surface area contributed by atoms with Crippen LogP contribution in [0.15, 0.2) is 48.5 Å². The lowest BCUT2D eigenvalue weighted by atomic mass is 9.95. The van der Waals surface area contributed by atoms with Crippen molar-refractivity contribution in [2.75, 3.05) is 31.1 Å². The van der Waals surface area contributed by atoms with Gasteiger partial charge in [-0.15, -0.1) is 0 Å². The van der Waals surface area contributed by atoms with E-state index in [-0.39, 0.29) is 5.69 Å². The Bertz CT molecular complexity index is 1200. The summed E-state index contributed by atoms with van der Waals surface area (Å²) >= 11 is 0. The highest BCUT2D eigenvalue weighted by Gasteiger charge is 2.38. The van der Waals surface area contributed by atoms with E-state index in [4.69, 9.17) is 0 Å². The second kappa shape index (κ2) is 10.2. The van der Waals surface area contributed by atoms with E-state index < -0.39 is 17.8 Å². The Kier molecular flexibility index (Phi) is 6.97. The monoisotopic (exact) mass is 498 g/mol. The van der Waals surface area contributed by atoms with Crippen LogP contribution >= 0.6 is 0 Å². The number of rotatable bonds is 4. The SMILES string of the molecule is Cc1cccc(-c2c(-c3ccc(F)cc3)nc(C(F)(F)F)nc2N2CCC(N3CCCCC3)CC2)c1. The van der Waals surface area contributed by atoms with Crippen LogP contribution in [0.25, 0.3) is 22.4 Å². The Labute approximate surface area is 209 Å². The van der Waals surface area contributed by atoms with E-state index in [0.717, 1.165) is 37.1 Å². The topological polar surface area (TPSA) is 32.3 Å². The molecule has 2 aliphatic rings. The third-order valence-corrected chi connectivity index (χ3v) is 7.24. The number of nitrogens with zero attached hydrogens (tertiary/aromatic N) is 4. The maximum Gasteiger partial charge on any atom is 0.451 e. The Hall–Kier alpha value is -3.00. The van der Waals surface area contributed by atoms with Gasteiger partial charge in [0.25, 0.3) is 0 Å². The van der Waals surface area contributed by atoms with Crippen molar-refractivity contribution in [2.24, 2.45) is 0 Å². The second-order valence-corrected chi connectivity index (χ2v) is 9.78. The van der Waals surface area contributed by atoms with Gasteiger partial charge in [0, 0.05) is 24.7 Å². The normalized spacial score (nSPS) is 18.0. The average Bonchev–Trinajstić information content (AvgIpc) is 2.88. The van der Waals surface area contributed by atoms with Gasteiger partial charge in [0.2, 0.25) is 5.82 Å². The molecule has 0 bridgehead atoms. The van der Waals surface area contributed by atoms with Crippen molar-refractivity contribution in [3.8, 4) is 22.4 Å². The lowest BCUT2D eigenvalue weighted by molar-refractivity contribution is -0.144. The number of piperidine rings is 2. The molecular weight excluding hydrogens is 468 g/mol. The van der Waals surface area contributed by atoms with Crippen LogP contribution in [0.1, 0.15) is 43.5 Å². The van der Waals surface area contributed by atoms with E-state index in [0.29, 0.717) is 36.1 Å². The van der Waals surface area contributed by atoms with Gasteiger partial charge >= 0.3 is 6.18 Å². The first kappa shape index (κ1) is 24.7. The molecule has 0 radical (unpaired) electrons. The summed E-state index contributed by atoms with van der Waals surface area (Å²) in [5, 5.41) is 0. The summed E-state index contributed by atoms with van der Waals surface area (Å²) < 4.78 is 55.6. The highest BCUT2D eigenvalue weighted by molar-refractivity contribution is 5.89. The number of anilines is 1. The van der Waals surface area contributed by atoms with Crippen LogP contribution in [-0.2, 0) is 6.18 Å². The summed E-state index contributed by atoms with van der Waals surface area (Å²) in [7, 11) is 0. The van der Waals surface area contributed by atoms with Gasteiger partial charge in [0.05, 0.1) is 11.3 Å². The largest absolute Gasteiger partial charge is 0.451 e. The molecule has 2 fully saturated rings. The van der Waals surface area contributed by atoms with Crippen molar-refractivity contribution >= 4 is 5.82 Å². The van der Waals surface area contributed by atoms with E-state index in [1.165, 1.54) is 43.5 Å². The number of hydrogen-bond donors (Lipinski definition) is 0. The molecule has 8 heteroatoms. The summed E-state index contributed by atoms with van der Waals surface area (Å²) in [5.41, 5.74) is 2.86. The van der Waals surface area contributed by atoms with Crippen LogP contribution in [0.4, 0.5) is 23.4 Å². The molecule has 0 saturated carbocycles. The summed E-state index contributed by atoms with van der Waals surface area (Å²) in [6, 6.07) is 13.5. The van der Waals surface area contributed by atoms with Crippen molar-refractivity contribution in [1.29, 1.82) is 0 Å². The summed E-state index contributed by atoms with van der Waals surface area (Å²) in [4.78, 5) is 12.6. The molecule has 36 heavy (non-hydrogen) atoms. The maximum absolute atomic E-state index is 14.0. The van der Waals surface area contributed by atoms with E-state index in [1.807, 2.05) is 36.1 Å². The fourth-order valence-electron chi connectivity index (χ4n) is 5.41. The Balaban J connectivity index is 1.61. The molecule has 2 saturated heterocycles. The highest BCUT2D eigenvalue weighted by Crippen LogP contribution is 2.41. The van der Waals surface area contributed by atoms with Crippen LogP contribution in [-0.4, -0.2) is 47.1 Å². The van der Waals surface area contributed by atoms with Gasteiger partial charge in [-0.3, -0.25) is 0 Å². The number of alkyl halides is 3. The van der Waals surface area contributed by atoms with E-state index in [1.54, 1.807) is 0 Å². The average molecular weight is 499 g/mol. The van der Waals surface area contributed by atoms with Gasteiger partial charge in [-0.1, -0.05) is 36.2 Å². The third kappa shape index (κ3) is 5.24. The first-order valence-electron chi connectivity index (χ1n) is 12.6. The minimum absolute atomic E-state index is 0.163. The number of hydrogen-bond acceptors (Lipinski definition) is 4. The highest BCUT2D eigenvalue weighted by atomic mass is 19.4. The Morgan fingerprint density at radius 2 is 1.53 bits per heavy atom.